The molecule has 34 heavy (non-hydrogen) atoms. The predicted octanol–water partition coefficient (Wildman–Crippen LogP) is 3.37. The minimum atomic E-state index is -0.384. The topological polar surface area (TPSA) is 101 Å². The monoisotopic (exact) mass is 470 g/mol. The number of carbonyl (C=O) groups is 2. The van der Waals surface area contributed by atoms with Crippen LogP contribution in [0.2, 0.25) is 0 Å². The summed E-state index contributed by atoms with van der Waals surface area (Å²) >= 11 is 0. The lowest BCUT2D eigenvalue weighted by Crippen LogP contribution is -2.37. The van der Waals surface area contributed by atoms with Gasteiger partial charge in [-0.05, 0) is 76.4 Å². The third-order valence-corrected chi connectivity index (χ3v) is 8.01. The minimum Gasteiger partial charge on any atom is -0.466 e. The largest absolute Gasteiger partial charge is 0.466 e. The van der Waals surface area contributed by atoms with Crippen molar-refractivity contribution in [3.63, 3.8) is 0 Å². The highest BCUT2D eigenvalue weighted by atomic mass is 16.5. The molecule has 186 valence electrons. The van der Waals surface area contributed by atoms with Crippen LogP contribution >= 0.6 is 0 Å². The molecule has 2 saturated carbocycles. The average Bonchev–Trinajstić information content (AvgIpc) is 3.28. The number of nitrogens with zero attached hydrogens (tertiary/aromatic N) is 2. The summed E-state index contributed by atoms with van der Waals surface area (Å²) in [6.45, 7) is 4.59. The van der Waals surface area contributed by atoms with Gasteiger partial charge in [0.1, 0.15) is 22.3 Å². The first-order chi connectivity index (χ1) is 16.4. The van der Waals surface area contributed by atoms with Crippen molar-refractivity contribution in [1.82, 2.24) is 10.6 Å². The lowest BCUT2D eigenvalue weighted by Gasteiger charge is -2.34. The second-order valence-electron chi connectivity index (χ2n) is 9.88. The number of rotatable bonds is 5. The van der Waals surface area contributed by atoms with Crippen molar-refractivity contribution in [2.24, 2.45) is 9.98 Å². The third-order valence-electron chi connectivity index (χ3n) is 8.01. The van der Waals surface area contributed by atoms with Crippen LogP contribution in [0, 0.1) is 0 Å². The number of ether oxygens (including phenoxy) is 2. The van der Waals surface area contributed by atoms with Gasteiger partial charge in [-0.3, -0.25) is 19.6 Å². The summed E-state index contributed by atoms with van der Waals surface area (Å²) < 4.78 is 12.4. The second-order valence-corrected chi connectivity index (χ2v) is 9.88. The van der Waals surface area contributed by atoms with E-state index in [4.69, 9.17) is 9.47 Å². The van der Waals surface area contributed by atoms with Crippen molar-refractivity contribution in [2.75, 3.05) is 27.2 Å². The Morgan fingerprint density at radius 1 is 0.706 bits per heavy atom. The van der Waals surface area contributed by atoms with Crippen molar-refractivity contribution >= 4 is 23.6 Å². The van der Waals surface area contributed by atoms with Crippen LogP contribution in [-0.2, 0) is 19.1 Å². The summed E-state index contributed by atoms with van der Waals surface area (Å²) in [6.07, 6.45) is 10.5. The molecule has 0 atom stereocenters. The standard InChI is InChI=1S/C26H38N4O4/c1-17-19(23(27-3)33-25(17)11-7-5-8-12-25)21(31)29-15-16-30-22(32)20-18(2)26(34-24(20)28-4)13-9-6-10-14-26/h5-16H2,1-4H3,(H,29,31)(H,30,32). The molecule has 2 heterocycles. The Bertz CT molecular complexity index is 885. The van der Waals surface area contributed by atoms with Crippen LogP contribution < -0.4 is 10.6 Å². The molecule has 2 aliphatic heterocycles. The van der Waals surface area contributed by atoms with Gasteiger partial charge in [-0.2, -0.15) is 0 Å². The quantitative estimate of drug-likeness (QED) is 0.602. The van der Waals surface area contributed by atoms with Gasteiger partial charge in [0.2, 0.25) is 11.8 Å². The molecule has 0 aromatic heterocycles. The molecular formula is C26H38N4O4. The number of amides is 2. The summed E-state index contributed by atoms with van der Waals surface area (Å²) in [5, 5.41) is 5.86. The van der Waals surface area contributed by atoms with Crippen LogP contribution in [0.5, 0.6) is 0 Å². The first kappa shape index (κ1) is 24.5. The van der Waals surface area contributed by atoms with Gasteiger partial charge in [0, 0.05) is 27.2 Å². The summed E-state index contributed by atoms with van der Waals surface area (Å²) in [4.78, 5) is 34.5. The molecule has 0 unspecified atom stereocenters. The Morgan fingerprint density at radius 3 is 1.38 bits per heavy atom. The van der Waals surface area contributed by atoms with Crippen LogP contribution in [0.15, 0.2) is 32.3 Å². The first-order valence-electron chi connectivity index (χ1n) is 12.7. The summed E-state index contributed by atoms with van der Waals surface area (Å²) in [5.41, 5.74) is 2.26. The van der Waals surface area contributed by atoms with Gasteiger partial charge in [0.25, 0.3) is 11.8 Å². The molecule has 0 bridgehead atoms. The van der Waals surface area contributed by atoms with Gasteiger partial charge < -0.3 is 20.1 Å². The summed E-state index contributed by atoms with van der Waals surface area (Å²) in [6, 6.07) is 0. The third kappa shape index (κ3) is 4.27. The zero-order chi connectivity index (χ0) is 24.3. The van der Waals surface area contributed by atoms with E-state index < -0.39 is 0 Å². The van der Waals surface area contributed by atoms with E-state index in [9.17, 15) is 9.59 Å². The lowest BCUT2D eigenvalue weighted by atomic mass is 9.79. The van der Waals surface area contributed by atoms with Crippen molar-refractivity contribution in [3.8, 4) is 0 Å². The van der Waals surface area contributed by atoms with Crippen LogP contribution in [-0.4, -0.2) is 62.0 Å². The normalized spacial score (nSPS) is 25.8. The smallest absolute Gasteiger partial charge is 0.256 e. The first-order valence-corrected chi connectivity index (χ1v) is 12.7. The van der Waals surface area contributed by atoms with Gasteiger partial charge in [-0.15, -0.1) is 0 Å². The highest BCUT2D eigenvalue weighted by molar-refractivity contribution is 6.21. The SMILES string of the molecule is CN=C1OC2(CCCCC2)C(C)=C1C(=O)NCCNC(=O)C1=C(C)C2(CCCCC2)OC1=NC. The van der Waals surface area contributed by atoms with Crippen molar-refractivity contribution in [3.05, 3.63) is 22.3 Å². The Kier molecular flexibility index (Phi) is 7.14. The van der Waals surface area contributed by atoms with Gasteiger partial charge in [-0.1, -0.05) is 12.8 Å². The van der Waals surface area contributed by atoms with Crippen LogP contribution in [0.3, 0.4) is 0 Å². The molecule has 4 aliphatic rings. The minimum absolute atomic E-state index is 0.202. The van der Waals surface area contributed by atoms with Gasteiger partial charge >= 0.3 is 0 Å². The molecule has 0 aromatic carbocycles. The fourth-order valence-corrected chi connectivity index (χ4v) is 5.98. The number of carbonyl (C=O) groups excluding carboxylic acids is 2. The Labute approximate surface area is 202 Å². The Balaban J connectivity index is 1.37. The van der Waals surface area contributed by atoms with Crippen molar-refractivity contribution < 1.29 is 19.1 Å². The zero-order valence-corrected chi connectivity index (χ0v) is 21.0. The Hall–Kier alpha value is -2.64. The molecule has 8 heteroatoms. The maximum absolute atomic E-state index is 13.0. The Morgan fingerprint density at radius 2 is 1.06 bits per heavy atom. The second kappa shape index (κ2) is 9.92. The zero-order valence-electron chi connectivity index (χ0n) is 21.0. The molecule has 2 aliphatic carbocycles. The molecule has 0 aromatic rings. The molecule has 2 N–H and O–H groups in total. The molecule has 0 radical (unpaired) electrons. The fourth-order valence-electron chi connectivity index (χ4n) is 5.98. The molecule has 2 amide bonds. The molecular weight excluding hydrogens is 432 g/mol. The average molecular weight is 471 g/mol. The van der Waals surface area contributed by atoms with E-state index in [1.807, 2.05) is 13.8 Å². The van der Waals surface area contributed by atoms with E-state index in [0.29, 0.717) is 36.0 Å². The van der Waals surface area contributed by atoms with Crippen LogP contribution in [0.1, 0.15) is 78.1 Å². The maximum atomic E-state index is 13.0. The number of hydrogen-bond donors (Lipinski definition) is 2. The predicted molar refractivity (Wildman–Crippen MR) is 132 cm³/mol. The molecule has 2 spiro atoms. The highest BCUT2D eigenvalue weighted by Gasteiger charge is 2.47. The summed E-state index contributed by atoms with van der Waals surface area (Å²) in [7, 11) is 3.31. The van der Waals surface area contributed by atoms with E-state index in [0.717, 1.165) is 62.5 Å². The van der Waals surface area contributed by atoms with E-state index in [1.165, 1.54) is 12.8 Å². The number of nitrogens with one attached hydrogen (secondary N) is 2. The molecule has 8 nitrogen and oxygen atoms in total. The van der Waals surface area contributed by atoms with E-state index in [2.05, 4.69) is 20.6 Å². The number of hydrogen-bond acceptors (Lipinski definition) is 6. The molecule has 2 fully saturated rings. The highest BCUT2D eigenvalue weighted by Crippen LogP contribution is 2.45. The molecule has 4 rings (SSSR count). The lowest BCUT2D eigenvalue weighted by molar-refractivity contribution is -0.118. The number of aliphatic imine (C=N–C) groups is 2. The van der Waals surface area contributed by atoms with Crippen LogP contribution in [0.4, 0.5) is 0 Å². The maximum Gasteiger partial charge on any atom is 0.256 e. The van der Waals surface area contributed by atoms with Crippen molar-refractivity contribution in [2.45, 2.75) is 89.3 Å². The fraction of sp³-hybridized carbons (Fsp3) is 0.692. The van der Waals surface area contributed by atoms with E-state index >= 15 is 0 Å². The van der Waals surface area contributed by atoms with E-state index in [-0.39, 0.29) is 23.0 Å². The van der Waals surface area contributed by atoms with E-state index in [1.54, 1.807) is 14.1 Å². The van der Waals surface area contributed by atoms with Crippen molar-refractivity contribution in [1.29, 1.82) is 0 Å². The van der Waals surface area contributed by atoms with Gasteiger partial charge in [-0.25, -0.2) is 0 Å². The summed E-state index contributed by atoms with van der Waals surface area (Å²) in [5.74, 6) is 0.440. The van der Waals surface area contributed by atoms with Crippen LogP contribution in [0.25, 0.3) is 0 Å². The van der Waals surface area contributed by atoms with Gasteiger partial charge in [0.15, 0.2) is 0 Å². The van der Waals surface area contributed by atoms with Gasteiger partial charge in [0.05, 0.1) is 0 Å². The molecule has 0 saturated heterocycles.